The highest BCUT2D eigenvalue weighted by Crippen LogP contribution is 2.40. The fraction of sp³-hybridized carbons (Fsp3) is 0.333. The highest BCUT2D eigenvalue weighted by atomic mass is 32.2. The monoisotopic (exact) mass is 453 g/mol. The van der Waals surface area contributed by atoms with Crippen molar-refractivity contribution in [3.8, 4) is 0 Å². The van der Waals surface area contributed by atoms with Crippen LogP contribution < -0.4 is 11.2 Å². The number of carboxylic acids is 1. The topological polar surface area (TPSA) is 196 Å². The number of carbonyl (C=O) groups is 3. The molecule has 0 bridgehead atoms. The second-order valence-electron chi connectivity index (χ2n) is 6.30. The lowest BCUT2D eigenvalue weighted by Gasteiger charge is -2.48. The summed E-state index contributed by atoms with van der Waals surface area (Å²) >= 11 is 2.53. The van der Waals surface area contributed by atoms with Crippen molar-refractivity contribution in [2.24, 2.45) is 5.73 Å². The Balaban J connectivity index is 1.68. The number of hydroxylamine groups is 1. The minimum absolute atomic E-state index is 0.0251. The van der Waals surface area contributed by atoms with Crippen LogP contribution in [-0.2, 0) is 16.2 Å². The molecular weight excluding hydrogens is 438 g/mol. The number of aliphatic hydroxyl groups is 1. The molecule has 0 saturated carbocycles. The summed E-state index contributed by atoms with van der Waals surface area (Å²) in [7, 11) is 0. The molecule has 2 aliphatic heterocycles. The lowest BCUT2D eigenvalue weighted by molar-refractivity contribution is -0.147. The van der Waals surface area contributed by atoms with Crippen molar-refractivity contribution in [1.29, 1.82) is 0 Å². The molecule has 1 fully saturated rings. The first-order valence-electron chi connectivity index (χ1n) is 8.46. The normalized spacial score (nSPS) is 20.9. The predicted molar refractivity (Wildman–Crippen MR) is 102 cm³/mol. The second kappa shape index (κ2) is 7.84. The molecule has 0 aromatic carbocycles. The average molecular weight is 453 g/mol. The smallest absolute Gasteiger partial charge is 0.352 e. The molecule has 0 spiro atoms. The van der Waals surface area contributed by atoms with Gasteiger partial charge in [-0.05, 0) is 5.57 Å². The number of fused-ring (bicyclic) bond motifs is 2. The zero-order chi connectivity index (χ0) is 21.6. The number of carbonyl (C=O) groups excluding carboxylic acids is 2. The van der Waals surface area contributed by atoms with Crippen LogP contribution in [0.2, 0.25) is 0 Å². The summed E-state index contributed by atoms with van der Waals surface area (Å²) < 4.78 is 1.30. The van der Waals surface area contributed by atoms with Crippen molar-refractivity contribution < 1.29 is 29.8 Å². The van der Waals surface area contributed by atoms with E-state index in [1.54, 1.807) is 0 Å². The molecule has 2 amide bonds. The molecule has 15 heteroatoms. The van der Waals surface area contributed by atoms with Crippen LogP contribution in [-0.4, -0.2) is 80.6 Å². The fourth-order valence-electron chi connectivity index (χ4n) is 3.08. The van der Waals surface area contributed by atoms with Crippen LogP contribution in [0.15, 0.2) is 22.4 Å². The predicted octanol–water partition coefficient (Wildman–Crippen LogP) is -1.59. The van der Waals surface area contributed by atoms with Crippen molar-refractivity contribution >= 4 is 47.1 Å². The van der Waals surface area contributed by atoms with E-state index in [1.807, 2.05) is 0 Å². The molecule has 1 saturated heterocycles. The van der Waals surface area contributed by atoms with Crippen LogP contribution >= 0.6 is 23.5 Å². The third-order valence-electron chi connectivity index (χ3n) is 4.48. The first-order valence-corrected chi connectivity index (χ1v) is 10.5. The maximum Gasteiger partial charge on any atom is 0.352 e. The van der Waals surface area contributed by atoms with Gasteiger partial charge in [0.2, 0.25) is 5.91 Å². The van der Waals surface area contributed by atoms with Gasteiger partial charge in [-0.1, -0.05) is 0 Å². The lowest BCUT2D eigenvalue weighted by atomic mass is 10.0. The van der Waals surface area contributed by atoms with Gasteiger partial charge in [-0.15, -0.1) is 28.6 Å². The van der Waals surface area contributed by atoms with Gasteiger partial charge in [0.15, 0.2) is 5.82 Å². The highest BCUT2D eigenvalue weighted by Gasteiger charge is 2.51. The van der Waals surface area contributed by atoms with Gasteiger partial charge in [0, 0.05) is 17.6 Å². The highest BCUT2D eigenvalue weighted by molar-refractivity contribution is 8.01. The summed E-state index contributed by atoms with van der Waals surface area (Å²) in [5, 5.41) is 31.9. The van der Waals surface area contributed by atoms with E-state index in [4.69, 9.17) is 10.9 Å². The zero-order valence-corrected chi connectivity index (χ0v) is 16.7. The molecule has 0 aliphatic carbocycles. The van der Waals surface area contributed by atoms with Gasteiger partial charge in [0.25, 0.3) is 11.7 Å². The number of carboxylic acid groups (broad SMARTS) is 1. The SMILES string of the molecule is N[C@@H]1C(=O)N2C(C(=O)O)=C(CSc3cc(C(=O)NO)nc4nc(CO)nn34)CS[C@H]12. The van der Waals surface area contributed by atoms with E-state index in [9.17, 15) is 24.6 Å². The number of amides is 2. The fourth-order valence-corrected chi connectivity index (χ4v) is 5.50. The number of hydrogen-bond donors (Lipinski definition) is 5. The first kappa shape index (κ1) is 20.5. The third-order valence-corrected chi connectivity index (χ3v) is 6.92. The Morgan fingerprint density at radius 1 is 1.40 bits per heavy atom. The van der Waals surface area contributed by atoms with Crippen LogP contribution in [0.25, 0.3) is 5.78 Å². The molecule has 0 unspecified atom stereocenters. The van der Waals surface area contributed by atoms with E-state index in [2.05, 4.69) is 15.1 Å². The number of nitrogens with two attached hydrogens (primary N) is 1. The van der Waals surface area contributed by atoms with Crippen molar-refractivity contribution in [2.45, 2.75) is 23.0 Å². The van der Waals surface area contributed by atoms with E-state index in [0.717, 1.165) is 11.8 Å². The van der Waals surface area contributed by atoms with E-state index in [-0.39, 0.29) is 28.7 Å². The minimum Gasteiger partial charge on any atom is -0.477 e. The molecule has 4 heterocycles. The molecule has 2 aromatic heterocycles. The molecule has 13 nitrogen and oxygen atoms in total. The average Bonchev–Trinajstić information content (AvgIpc) is 3.18. The lowest BCUT2D eigenvalue weighted by Crippen LogP contribution is -2.68. The zero-order valence-electron chi connectivity index (χ0n) is 15.0. The number of aliphatic hydroxyl groups excluding tert-OH is 1. The minimum atomic E-state index is -1.22. The number of rotatable bonds is 6. The Labute approximate surface area is 176 Å². The molecular formula is C15H15N7O6S2. The molecule has 2 aromatic rings. The van der Waals surface area contributed by atoms with Crippen LogP contribution in [0.1, 0.15) is 16.3 Å². The number of nitrogens with zero attached hydrogens (tertiary/aromatic N) is 5. The summed E-state index contributed by atoms with van der Waals surface area (Å²) in [5.74, 6) is -1.88. The first-order chi connectivity index (χ1) is 14.3. The summed E-state index contributed by atoms with van der Waals surface area (Å²) in [6.07, 6.45) is 0. The summed E-state index contributed by atoms with van der Waals surface area (Å²) in [5.41, 5.74) is 7.51. The maximum absolute atomic E-state index is 12.1. The molecule has 0 radical (unpaired) electrons. The van der Waals surface area contributed by atoms with Gasteiger partial charge in [0.1, 0.15) is 34.4 Å². The Kier molecular flexibility index (Phi) is 5.37. The van der Waals surface area contributed by atoms with Crippen LogP contribution in [0.4, 0.5) is 0 Å². The summed E-state index contributed by atoms with van der Waals surface area (Å²) in [4.78, 5) is 44.8. The van der Waals surface area contributed by atoms with Crippen LogP contribution in [0.5, 0.6) is 0 Å². The van der Waals surface area contributed by atoms with E-state index in [1.165, 1.54) is 32.7 Å². The Hall–Kier alpha value is -2.72. The third kappa shape index (κ3) is 3.29. The molecule has 6 N–H and O–H groups in total. The number of β-lactam (4-membered cyclic amide) rings is 1. The number of nitrogens with one attached hydrogen (secondary N) is 1. The Morgan fingerprint density at radius 2 is 2.17 bits per heavy atom. The van der Waals surface area contributed by atoms with Crippen molar-refractivity contribution in [3.05, 3.63) is 28.9 Å². The molecule has 2 atom stereocenters. The number of thioether (sulfide) groups is 2. The number of hydrogen-bond acceptors (Lipinski definition) is 11. The van der Waals surface area contributed by atoms with Gasteiger partial charge in [-0.3, -0.25) is 19.7 Å². The molecule has 4 rings (SSSR count). The van der Waals surface area contributed by atoms with Crippen molar-refractivity contribution in [3.63, 3.8) is 0 Å². The largest absolute Gasteiger partial charge is 0.477 e. The van der Waals surface area contributed by atoms with Crippen LogP contribution in [0, 0.1) is 0 Å². The molecule has 2 aliphatic rings. The quantitative estimate of drug-likeness (QED) is 0.111. The van der Waals surface area contributed by atoms with Gasteiger partial charge in [0.05, 0.1) is 0 Å². The van der Waals surface area contributed by atoms with Crippen molar-refractivity contribution in [2.75, 3.05) is 11.5 Å². The van der Waals surface area contributed by atoms with Gasteiger partial charge in [-0.25, -0.2) is 15.3 Å². The standard InChI is InChI=1S/C15H15N7O6S2/c16-9-12(25)21-10(14(26)27)5(4-30-13(9)21)3-29-8-1-6(11(24)20-28)17-15-18-7(2-23)19-22(8)15/h1,9,13,23,28H,2-4,16H2,(H,20,24)(H,26,27)/t9-,13-/m1/s1. The summed E-state index contributed by atoms with van der Waals surface area (Å²) in [6.45, 7) is -0.446. The van der Waals surface area contributed by atoms with Crippen molar-refractivity contribution in [1.82, 2.24) is 30.0 Å². The van der Waals surface area contributed by atoms with E-state index < -0.39 is 35.8 Å². The summed E-state index contributed by atoms with van der Waals surface area (Å²) in [6, 6.07) is 0.633. The second-order valence-corrected chi connectivity index (χ2v) is 8.40. The van der Waals surface area contributed by atoms with Gasteiger partial charge >= 0.3 is 5.97 Å². The van der Waals surface area contributed by atoms with Crippen LogP contribution in [0.3, 0.4) is 0 Å². The number of aromatic nitrogens is 4. The molecule has 30 heavy (non-hydrogen) atoms. The Bertz CT molecular complexity index is 1100. The molecule has 158 valence electrons. The van der Waals surface area contributed by atoms with E-state index in [0.29, 0.717) is 16.4 Å². The van der Waals surface area contributed by atoms with Gasteiger partial charge < -0.3 is 15.9 Å². The van der Waals surface area contributed by atoms with E-state index >= 15 is 0 Å². The Morgan fingerprint density at radius 3 is 2.83 bits per heavy atom. The maximum atomic E-state index is 12.1. The van der Waals surface area contributed by atoms with Gasteiger partial charge in [-0.2, -0.15) is 9.50 Å². The number of aliphatic carboxylic acids is 1.